The second-order valence-corrected chi connectivity index (χ2v) is 4.53. The molecule has 3 nitrogen and oxygen atoms in total. The smallest absolute Gasteiger partial charge is 0.314 e. The van der Waals surface area contributed by atoms with Gasteiger partial charge in [-0.1, -0.05) is 25.8 Å². The van der Waals surface area contributed by atoms with Gasteiger partial charge in [0.05, 0.1) is 5.41 Å². The van der Waals surface area contributed by atoms with E-state index in [2.05, 4.69) is 11.9 Å². The maximum absolute atomic E-state index is 11.5. The van der Waals surface area contributed by atoms with Crippen LogP contribution in [0, 0.1) is 0 Å². The van der Waals surface area contributed by atoms with Crippen LogP contribution in [-0.4, -0.2) is 16.1 Å². The van der Waals surface area contributed by atoms with E-state index in [1.165, 1.54) is 0 Å². The summed E-state index contributed by atoms with van der Waals surface area (Å²) in [5.74, 6) is -0.694. The van der Waals surface area contributed by atoms with Crippen LogP contribution in [0.1, 0.15) is 43.7 Å². The second-order valence-electron chi connectivity index (χ2n) is 4.53. The Bertz CT molecular complexity index is 395. The van der Waals surface area contributed by atoms with E-state index in [1.54, 1.807) is 6.20 Å². The predicted molar refractivity (Wildman–Crippen MR) is 61.4 cm³/mol. The van der Waals surface area contributed by atoms with Gasteiger partial charge in [-0.15, -0.1) is 0 Å². The molecule has 0 amide bonds. The quantitative estimate of drug-likeness (QED) is 0.849. The monoisotopic (exact) mass is 219 g/mol. The average molecular weight is 219 g/mol. The molecule has 0 spiro atoms. The Morgan fingerprint density at radius 3 is 2.69 bits per heavy atom. The Balaban J connectivity index is 2.43. The van der Waals surface area contributed by atoms with Crippen molar-refractivity contribution < 1.29 is 9.90 Å². The van der Waals surface area contributed by atoms with E-state index in [0.717, 1.165) is 43.2 Å². The van der Waals surface area contributed by atoms with Crippen molar-refractivity contribution in [1.29, 1.82) is 0 Å². The van der Waals surface area contributed by atoms with Crippen molar-refractivity contribution >= 4 is 5.97 Å². The zero-order chi connectivity index (χ0) is 11.6. The lowest BCUT2D eigenvalue weighted by atomic mass is 9.79. The molecule has 0 radical (unpaired) electrons. The van der Waals surface area contributed by atoms with Crippen molar-refractivity contribution in [2.75, 3.05) is 0 Å². The van der Waals surface area contributed by atoms with Crippen molar-refractivity contribution in [1.82, 2.24) is 4.98 Å². The topological polar surface area (TPSA) is 50.2 Å². The first kappa shape index (κ1) is 11.1. The number of nitrogens with zero attached hydrogens (tertiary/aromatic N) is 1. The van der Waals surface area contributed by atoms with Crippen LogP contribution in [0.2, 0.25) is 0 Å². The number of aromatic nitrogens is 1. The van der Waals surface area contributed by atoms with Crippen molar-refractivity contribution in [2.45, 2.75) is 44.4 Å². The lowest BCUT2D eigenvalue weighted by Gasteiger charge is -2.24. The minimum Gasteiger partial charge on any atom is -0.481 e. The van der Waals surface area contributed by atoms with Gasteiger partial charge in [-0.05, 0) is 30.4 Å². The lowest BCUT2D eigenvalue weighted by molar-refractivity contribution is -0.143. The fourth-order valence-electron chi connectivity index (χ4n) is 2.55. The van der Waals surface area contributed by atoms with E-state index in [0.29, 0.717) is 0 Å². The van der Waals surface area contributed by atoms with E-state index in [4.69, 9.17) is 0 Å². The van der Waals surface area contributed by atoms with Crippen LogP contribution in [-0.2, 0) is 16.6 Å². The van der Waals surface area contributed by atoms with Gasteiger partial charge in [0.2, 0.25) is 0 Å². The van der Waals surface area contributed by atoms with E-state index >= 15 is 0 Å². The highest BCUT2D eigenvalue weighted by molar-refractivity contribution is 5.81. The van der Waals surface area contributed by atoms with Gasteiger partial charge in [0, 0.05) is 12.4 Å². The largest absolute Gasteiger partial charge is 0.481 e. The van der Waals surface area contributed by atoms with Crippen LogP contribution < -0.4 is 0 Å². The zero-order valence-corrected chi connectivity index (χ0v) is 9.57. The number of rotatable bonds is 3. The van der Waals surface area contributed by atoms with Gasteiger partial charge in [-0.25, -0.2) is 0 Å². The maximum atomic E-state index is 11.5. The molecule has 0 bridgehead atoms. The summed E-state index contributed by atoms with van der Waals surface area (Å²) in [5, 5.41) is 9.45. The van der Waals surface area contributed by atoms with E-state index in [-0.39, 0.29) is 0 Å². The predicted octanol–water partition coefficient (Wildman–Crippen LogP) is 2.54. The number of hydrogen-bond acceptors (Lipinski definition) is 2. The van der Waals surface area contributed by atoms with Crippen LogP contribution in [0.15, 0.2) is 18.5 Å². The van der Waals surface area contributed by atoms with E-state index in [1.807, 2.05) is 12.3 Å². The summed E-state index contributed by atoms with van der Waals surface area (Å²) in [5.41, 5.74) is 1.33. The highest BCUT2D eigenvalue weighted by Crippen LogP contribution is 2.41. The lowest BCUT2D eigenvalue weighted by Crippen LogP contribution is -2.32. The van der Waals surface area contributed by atoms with Gasteiger partial charge in [0.1, 0.15) is 0 Å². The highest BCUT2D eigenvalue weighted by Gasteiger charge is 2.43. The van der Waals surface area contributed by atoms with Gasteiger partial charge < -0.3 is 5.11 Å². The van der Waals surface area contributed by atoms with E-state index in [9.17, 15) is 9.90 Å². The van der Waals surface area contributed by atoms with Gasteiger partial charge >= 0.3 is 5.97 Å². The van der Waals surface area contributed by atoms with Crippen molar-refractivity contribution in [2.24, 2.45) is 0 Å². The molecule has 0 aliphatic heterocycles. The van der Waals surface area contributed by atoms with Crippen LogP contribution in [0.25, 0.3) is 0 Å². The molecule has 1 aromatic rings. The molecule has 86 valence electrons. The molecule has 1 aliphatic rings. The van der Waals surface area contributed by atoms with Crippen molar-refractivity contribution in [3.63, 3.8) is 0 Å². The third-order valence-corrected chi connectivity index (χ3v) is 3.62. The van der Waals surface area contributed by atoms with Crippen LogP contribution >= 0.6 is 0 Å². The molecule has 0 atom stereocenters. The molecule has 0 saturated heterocycles. The number of carbonyl (C=O) groups is 1. The molecular weight excluding hydrogens is 202 g/mol. The number of aliphatic carboxylic acids is 1. The van der Waals surface area contributed by atoms with E-state index < -0.39 is 11.4 Å². The summed E-state index contributed by atoms with van der Waals surface area (Å²) in [6.07, 6.45) is 7.93. The van der Waals surface area contributed by atoms with Crippen LogP contribution in [0.4, 0.5) is 0 Å². The van der Waals surface area contributed by atoms with Gasteiger partial charge in [0.25, 0.3) is 0 Å². The third-order valence-electron chi connectivity index (χ3n) is 3.62. The number of aryl methyl sites for hydroxylation is 1. The summed E-state index contributed by atoms with van der Waals surface area (Å²) >= 11 is 0. The first-order chi connectivity index (χ1) is 7.69. The average Bonchev–Trinajstić information content (AvgIpc) is 2.79. The summed E-state index contributed by atoms with van der Waals surface area (Å²) in [4.78, 5) is 15.7. The summed E-state index contributed by atoms with van der Waals surface area (Å²) in [6, 6.07) is 2.01. The minimum absolute atomic E-state index is 0.668. The number of carboxylic acids is 1. The molecule has 2 rings (SSSR count). The van der Waals surface area contributed by atoms with Gasteiger partial charge in [-0.2, -0.15) is 0 Å². The normalized spacial score (nSPS) is 18.6. The van der Waals surface area contributed by atoms with Crippen LogP contribution in [0.3, 0.4) is 0 Å². The summed E-state index contributed by atoms with van der Waals surface area (Å²) < 4.78 is 0. The molecule has 0 aromatic carbocycles. The molecule has 0 unspecified atom stereocenters. The second kappa shape index (κ2) is 4.24. The number of pyridine rings is 1. The highest BCUT2D eigenvalue weighted by atomic mass is 16.4. The molecular formula is C13H17NO2. The molecule has 1 aromatic heterocycles. The molecule has 1 aliphatic carbocycles. The Labute approximate surface area is 95.5 Å². The Morgan fingerprint density at radius 2 is 2.12 bits per heavy atom. The third kappa shape index (κ3) is 1.70. The van der Waals surface area contributed by atoms with Gasteiger partial charge in [0.15, 0.2) is 0 Å². The molecule has 3 heteroatoms. The molecule has 1 fully saturated rings. The summed E-state index contributed by atoms with van der Waals surface area (Å²) in [6.45, 7) is 2.06. The standard InChI is InChI=1S/C13H17NO2/c1-2-10-7-11(9-14-8-10)13(12(15)16)5-3-4-6-13/h7-9H,2-6H2,1H3,(H,15,16). The summed E-state index contributed by atoms with van der Waals surface area (Å²) in [7, 11) is 0. The Morgan fingerprint density at radius 1 is 1.44 bits per heavy atom. The fourth-order valence-corrected chi connectivity index (χ4v) is 2.55. The SMILES string of the molecule is CCc1cncc(C2(C(=O)O)CCCC2)c1. The molecule has 1 saturated carbocycles. The maximum Gasteiger partial charge on any atom is 0.314 e. The number of carboxylic acid groups (broad SMARTS) is 1. The number of hydrogen-bond donors (Lipinski definition) is 1. The first-order valence-corrected chi connectivity index (χ1v) is 5.87. The van der Waals surface area contributed by atoms with Gasteiger partial charge in [-0.3, -0.25) is 9.78 Å². The van der Waals surface area contributed by atoms with Crippen molar-refractivity contribution in [3.05, 3.63) is 29.6 Å². The molecule has 1 N–H and O–H groups in total. The Kier molecular flexibility index (Phi) is 2.95. The van der Waals surface area contributed by atoms with Crippen molar-refractivity contribution in [3.8, 4) is 0 Å². The molecule has 16 heavy (non-hydrogen) atoms. The molecule has 1 heterocycles. The Hall–Kier alpha value is -1.38. The fraction of sp³-hybridized carbons (Fsp3) is 0.538. The minimum atomic E-state index is -0.694. The van der Waals surface area contributed by atoms with Crippen LogP contribution in [0.5, 0.6) is 0 Å². The zero-order valence-electron chi connectivity index (χ0n) is 9.57. The first-order valence-electron chi connectivity index (χ1n) is 5.87.